The van der Waals surface area contributed by atoms with Gasteiger partial charge in [-0.15, -0.1) is 0 Å². The first-order valence-electron chi connectivity index (χ1n) is 7.29. The second-order valence-corrected chi connectivity index (χ2v) is 5.41. The zero-order valence-corrected chi connectivity index (χ0v) is 10.5. The molecule has 0 aromatic carbocycles. The van der Waals surface area contributed by atoms with Crippen molar-refractivity contribution in [3.8, 4) is 0 Å². The molecule has 0 amide bonds. The third kappa shape index (κ3) is 4.06. The highest BCUT2D eigenvalue weighted by Crippen LogP contribution is 2.27. The zero-order chi connectivity index (χ0) is 11.1. The summed E-state index contributed by atoms with van der Waals surface area (Å²) in [4.78, 5) is 0. The van der Waals surface area contributed by atoms with Crippen LogP contribution >= 0.6 is 0 Å². The van der Waals surface area contributed by atoms with E-state index in [1.54, 1.807) is 0 Å². The Morgan fingerprint density at radius 2 is 1.50 bits per heavy atom. The van der Waals surface area contributed by atoms with Gasteiger partial charge in [-0.05, 0) is 57.5 Å². The van der Waals surface area contributed by atoms with E-state index in [1.807, 2.05) is 0 Å². The van der Waals surface area contributed by atoms with Gasteiger partial charge in [0.25, 0.3) is 0 Å². The van der Waals surface area contributed by atoms with E-state index in [2.05, 4.69) is 5.32 Å². The molecule has 0 spiro atoms. The minimum Gasteiger partial charge on any atom is -0.378 e. The first-order chi connectivity index (χ1) is 7.97. The quantitative estimate of drug-likeness (QED) is 0.740. The molecule has 1 unspecified atom stereocenters. The molecule has 2 fully saturated rings. The highest BCUT2D eigenvalue weighted by molar-refractivity contribution is 4.75. The van der Waals surface area contributed by atoms with E-state index in [-0.39, 0.29) is 0 Å². The molecule has 2 nitrogen and oxygen atoms in total. The van der Waals surface area contributed by atoms with Gasteiger partial charge in [-0.2, -0.15) is 0 Å². The van der Waals surface area contributed by atoms with Gasteiger partial charge in [0.1, 0.15) is 0 Å². The van der Waals surface area contributed by atoms with Crippen molar-refractivity contribution in [2.24, 2.45) is 5.92 Å². The van der Waals surface area contributed by atoms with Crippen LogP contribution in [0.1, 0.15) is 57.8 Å². The van der Waals surface area contributed by atoms with Crippen molar-refractivity contribution in [1.82, 2.24) is 5.32 Å². The van der Waals surface area contributed by atoms with Gasteiger partial charge in [-0.3, -0.25) is 0 Å². The summed E-state index contributed by atoms with van der Waals surface area (Å²) in [6.07, 6.45) is 12.8. The van der Waals surface area contributed by atoms with E-state index in [0.717, 1.165) is 12.5 Å². The molecule has 2 heterocycles. The summed E-state index contributed by atoms with van der Waals surface area (Å²) in [5.74, 6) is 0.847. The number of nitrogens with one attached hydrogen (secondary N) is 1. The second-order valence-electron chi connectivity index (χ2n) is 5.41. The van der Waals surface area contributed by atoms with Crippen LogP contribution < -0.4 is 5.32 Å². The molecular weight excluding hydrogens is 198 g/mol. The van der Waals surface area contributed by atoms with Crippen LogP contribution in [0, 0.1) is 5.92 Å². The summed E-state index contributed by atoms with van der Waals surface area (Å²) in [7, 11) is 0. The van der Waals surface area contributed by atoms with E-state index in [9.17, 15) is 0 Å². The van der Waals surface area contributed by atoms with E-state index < -0.39 is 0 Å². The van der Waals surface area contributed by atoms with Crippen molar-refractivity contribution >= 4 is 0 Å². The van der Waals surface area contributed by atoms with Crippen molar-refractivity contribution in [2.45, 2.75) is 63.9 Å². The van der Waals surface area contributed by atoms with Crippen LogP contribution in [0.4, 0.5) is 0 Å². The number of hydrogen-bond donors (Lipinski definition) is 1. The maximum Gasteiger partial charge on any atom is 0.0603 e. The summed E-state index contributed by atoms with van der Waals surface area (Å²) in [5.41, 5.74) is 0. The average molecular weight is 225 g/mol. The Labute approximate surface area is 100 Å². The SMILES string of the molecule is C1CCCC(C2CCCNCCC2)OCC1. The lowest BCUT2D eigenvalue weighted by atomic mass is 9.87. The van der Waals surface area contributed by atoms with Gasteiger partial charge in [-0.25, -0.2) is 0 Å². The van der Waals surface area contributed by atoms with Crippen LogP contribution in [0.5, 0.6) is 0 Å². The normalized spacial score (nSPS) is 31.1. The molecular formula is C14H27NO. The van der Waals surface area contributed by atoms with Gasteiger partial charge >= 0.3 is 0 Å². The van der Waals surface area contributed by atoms with E-state index >= 15 is 0 Å². The largest absolute Gasteiger partial charge is 0.378 e. The average Bonchev–Trinajstić information content (AvgIpc) is 2.18. The first kappa shape index (κ1) is 12.4. The molecule has 2 aliphatic rings. The van der Waals surface area contributed by atoms with Crippen LogP contribution in [0.15, 0.2) is 0 Å². The predicted octanol–water partition coefficient (Wildman–Crippen LogP) is 3.12. The molecule has 1 atom stereocenters. The predicted molar refractivity (Wildman–Crippen MR) is 67.7 cm³/mol. The Morgan fingerprint density at radius 3 is 2.31 bits per heavy atom. The van der Waals surface area contributed by atoms with Gasteiger partial charge in [0.05, 0.1) is 6.10 Å². The third-order valence-electron chi connectivity index (χ3n) is 4.10. The molecule has 2 rings (SSSR count). The lowest BCUT2D eigenvalue weighted by Crippen LogP contribution is -2.30. The minimum absolute atomic E-state index is 0.582. The Balaban J connectivity index is 1.81. The van der Waals surface area contributed by atoms with Gasteiger partial charge in [-0.1, -0.05) is 19.3 Å². The fourth-order valence-corrected chi connectivity index (χ4v) is 3.11. The molecule has 2 saturated heterocycles. The minimum atomic E-state index is 0.582. The van der Waals surface area contributed by atoms with Crippen LogP contribution in [0.2, 0.25) is 0 Å². The summed E-state index contributed by atoms with van der Waals surface area (Å²) in [6, 6.07) is 0. The highest BCUT2D eigenvalue weighted by Gasteiger charge is 2.23. The van der Waals surface area contributed by atoms with Gasteiger partial charge < -0.3 is 10.1 Å². The number of rotatable bonds is 1. The van der Waals surface area contributed by atoms with E-state index in [1.165, 1.54) is 70.9 Å². The zero-order valence-electron chi connectivity index (χ0n) is 10.5. The van der Waals surface area contributed by atoms with Gasteiger partial charge in [0.2, 0.25) is 0 Å². The molecule has 0 aromatic heterocycles. The molecule has 0 bridgehead atoms. The Bertz CT molecular complexity index is 148. The van der Waals surface area contributed by atoms with E-state index in [4.69, 9.17) is 4.74 Å². The number of hydrogen-bond acceptors (Lipinski definition) is 2. The topological polar surface area (TPSA) is 21.3 Å². The molecule has 16 heavy (non-hydrogen) atoms. The molecule has 2 heteroatoms. The molecule has 0 saturated carbocycles. The van der Waals surface area contributed by atoms with Crippen molar-refractivity contribution in [3.63, 3.8) is 0 Å². The fraction of sp³-hybridized carbons (Fsp3) is 1.00. The van der Waals surface area contributed by atoms with Crippen molar-refractivity contribution in [1.29, 1.82) is 0 Å². The van der Waals surface area contributed by atoms with Gasteiger partial charge in [0.15, 0.2) is 0 Å². The fourth-order valence-electron chi connectivity index (χ4n) is 3.11. The second kappa shape index (κ2) is 7.29. The van der Waals surface area contributed by atoms with E-state index in [0.29, 0.717) is 6.10 Å². The Morgan fingerprint density at radius 1 is 0.750 bits per heavy atom. The maximum atomic E-state index is 6.10. The summed E-state index contributed by atoms with van der Waals surface area (Å²) < 4.78 is 6.10. The maximum absolute atomic E-state index is 6.10. The standard InChI is InChI=1S/C14H27NO/c1-2-4-12-16-14(9-3-1)13-7-5-10-15-11-6-8-13/h13-15H,1-12H2. The van der Waals surface area contributed by atoms with Gasteiger partial charge in [0, 0.05) is 6.61 Å². The van der Waals surface area contributed by atoms with Crippen LogP contribution in [0.3, 0.4) is 0 Å². The monoisotopic (exact) mass is 225 g/mol. The van der Waals surface area contributed by atoms with Crippen molar-refractivity contribution < 1.29 is 4.74 Å². The third-order valence-corrected chi connectivity index (χ3v) is 4.10. The Hall–Kier alpha value is -0.0800. The lowest BCUT2D eigenvalue weighted by molar-refractivity contribution is -0.0101. The molecule has 94 valence electrons. The molecule has 1 N–H and O–H groups in total. The lowest BCUT2D eigenvalue weighted by Gasteiger charge is -2.30. The molecule has 0 radical (unpaired) electrons. The summed E-state index contributed by atoms with van der Waals surface area (Å²) in [6.45, 7) is 3.44. The van der Waals surface area contributed by atoms with Crippen LogP contribution in [-0.2, 0) is 4.74 Å². The summed E-state index contributed by atoms with van der Waals surface area (Å²) >= 11 is 0. The first-order valence-corrected chi connectivity index (χ1v) is 7.29. The smallest absolute Gasteiger partial charge is 0.0603 e. The van der Waals surface area contributed by atoms with Crippen LogP contribution in [-0.4, -0.2) is 25.8 Å². The highest BCUT2D eigenvalue weighted by atomic mass is 16.5. The molecule has 2 aliphatic heterocycles. The number of ether oxygens (including phenoxy) is 1. The van der Waals surface area contributed by atoms with Crippen LogP contribution in [0.25, 0.3) is 0 Å². The molecule has 0 aliphatic carbocycles. The molecule has 0 aromatic rings. The van der Waals surface area contributed by atoms with Crippen molar-refractivity contribution in [2.75, 3.05) is 19.7 Å². The van der Waals surface area contributed by atoms with Crippen molar-refractivity contribution in [3.05, 3.63) is 0 Å². The Kier molecular flexibility index (Phi) is 5.64. The summed E-state index contributed by atoms with van der Waals surface area (Å²) in [5, 5.41) is 3.49.